The number of ether oxygens (including phenoxy) is 1. The van der Waals surface area contributed by atoms with Crippen molar-refractivity contribution in [2.75, 3.05) is 52.2 Å². The summed E-state index contributed by atoms with van der Waals surface area (Å²) in [5, 5.41) is 3.29. The number of fused-ring (bicyclic) bond motifs is 2. The number of sulfonamides is 1. The summed E-state index contributed by atoms with van der Waals surface area (Å²) in [4.78, 5) is 34.4. The van der Waals surface area contributed by atoms with E-state index in [0.29, 0.717) is 42.8 Å². The fraction of sp³-hybridized carbons (Fsp3) is 0.500. The fourth-order valence-electron chi connectivity index (χ4n) is 5.52. The zero-order chi connectivity index (χ0) is 30.5. The molecule has 3 aliphatic rings. The van der Waals surface area contributed by atoms with Crippen LogP contribution < -0.4 is 5.32 Å². The summed E-state index contributed by atoms with van der Waals surface area (Å²) in [7, 11) is -7.34. The Kier molecular flexibility index (Phi) is 8.29. The quantitative estimate of drug-likeness (QED) is 0.405. The molecule has 0 spiro atoms. The number of benzene rings is 1. The van der Waals surface area contributed by atoms with Crippen molar-refractivity contribution in [3.8, 4) is 0 Å². The lowest BCUT2D eigenvalue weighted by Gasteiger charge is -2.40. The first-order valence-electron chi connectivity index (χ1n) is 13.7. The predicted octanol–water partition coefficient (Wildman–Crippen LogP) is 1.32. The Morgan fingerprint density at radius 3 is 2.63 bits per heavy atom. The van der Waals surface area contributed by atoms with Crippen LogP contribution in [0.3, 0.4) is 0 Å². The third-order valence-electron chi connectivity index (χ3n) is 7.88. The lowest BCUT2D eigenvalue weighted by molar-refractivity contribution is -0.136. The Balaban J connectivity index is 1.26. The number of halogens is 1. The van der Waals surface area contributed by atoms with E-state index in [-0.39, 0.29) is 55.0 Å². The van der Waals surface area contributed by atoms with Crippen molar-refractivity contribution in [3.05, 3.63) is 46.6 Å². The highest BCUT2D eigenvalue weighted by molar-refractivity contribution is 7.91. The van der Waals surface area contributed by atoms with Gasteiger partial charge in [-0.2, -0.15) is 4.31 Å². The number of nitrogens with one attached hydrogen (secondary N) is 1. The standard InChI is InChI=1S/C26H30ClN5O8S3/c1-42(35,36)22-13-19-20(14-28-22)40-25(29-19)26(34)32-5-4-31(15-18(32)12-23(33)30-6-8-39-9-7-30)43(37,38)24-10-16-2-3-17(27)11-21(16)41-24/h2-3,10-11,18,22,28H,4-9,12-15H2,1H3. The second-order valence-corrected chi connectivity index (χ2v) is 16.7. The van der Waals surface area contributed by atoms with Gasteiger partial charge in [-0.25, -0.2) is 21.8 Å². The molecule has 2 unspecified atom stereocenters. The molecule has 2 fully saturated rings. The van der Waals surface area contributed by atoms with E-state index in [1.165, 1.54) is 9.21 Å². The molecule has 0 radical (unpaired) electrons. The number of rotatable bonds is 6. The smallest absolute Gasteiger partial charge is 0.310 e. The molecule has 3 aliphatic heterocycles. The number of morpholine rings is 1. The lowest BCUT2D eigenvalue weighted by atomic mass is 10.1. The van der Waals surface area contributed by atoms with Gasteiger partial charge in [-0.3, -0.25) is 14.9 Å². The van der Waals surface area contributed by atoms with E-state index in [0.717, 1.165) is 27.7 Å². The molecule has 3 aromatic rings. The van der Waals surface area contributed by atoms with Crippen molar-refractivity contribution in [1.82, 2.24) is 24.4 Å². The van der Waals surface area contributed by atoms with Gasteiger partial charge in [-0.1, -0.05) is 17.7 Å². The number of sulfone groups is 1. The number of hydrogen-bond acceptors (Lipinski definition) is 11. The molecule has 232 valence electrons. The van der Waals surface area contributed by atoms with Crippen LogP contribution in [0.4, 0.5) is 0 Å². The molecule has 17 heteroatoms. The van der Waals surface area contributed by atoms with E-state index in [2.05, 4.69) is 10.3 Å². The van der Waals surface area contributed by atoms with E-state index in [1.807, 2.05) is 0 Å². The molecule has 13 nitrogen and oxygen atoms in total. The number of oxazole rings is 1. The molecule has 2 amide bonds. The molecule has 2 aromatic heterocycles. The number of thiophene rings is 1. The van der Waals surface area contributed by atoms with E-state index in [9.17, 15) is 26.4 Å². The third kappa shape index (κ3) is 6.18. The maximum Gasteiger partial charge on any atom is 0.310 e. The number of carbonyl (C=O) groups excluding carboxylic acids is 2. The van der Waals surface area contributed by atoms with Gasteiger partial charge in [-0.15, -0.1) is 11.3 Å². The van der Waals surface area contributed by atoms with Gasteiger partial charge in [0, 0.05) is 61.5 Å². The van der Waals surface area contributed by atoms with Crippen molar-refractivity contribution in [2.24, 2.45) is 0 Å². The van der Waals surface area contributed by atoms with Crippen LogP contribution in [-0.2, 0) is 42.4 Å². The molecule has 1 aromatic carbocycles. The van der Waals surface area contributed by atoms with Gasteiger partial charge in [0.2, 0.25) is 5.91 Å². The molecule has 43 heavy (non-hydrogen) atoms. The van der Waals surface area contributed by atoms with Gasteiger partial charge in [-0.05, 0) is 23.6 Å². The Labute approximate surface area is 257 Å². The van der Waals surface area contributed by atoms with Gasteiger partial charge < -0.3 is 19.0 Å². The van der Waals surface area contributed by atoms with Gasteiger partial charge in [0.1, 0.15) is 15.3 Å². The van der Waals surface area contributed by atoms with Gasteiger partial charge >= 0.3 is 5.91 Å². The lowest BCUT2D eigenvalue weighted by Crippen LogP contribution is -2.58. The molecule has 6 rings (SSSR count). The van der Waals surface area contributed by atoms with Crippen molar-refractivity contribution in [2.45, 2.75) is 35.0 Å². The summed E-state index contributed by atoms with van der Waals surface area (Å²) in [6.45, 7) is 1.63. The molecule has 1 N–H and O–H groups in total. The number of piperazine rings is 1. The summed E-state index contributed by atoms with van der Waals surface area (Å²) in [5.41, 5.74) is 0.379. The Hall–Kier alpha value is -2.60. The molecular weight excluding hydrogens is 642 g/mol. The number of amides is 2. The van der Waals surface area contributed by atoms with Crippen molar-refractivity contribution >= 4 is 64.7 Å². The summed E-state index contributed by atoms with van der Waals surface area (Å²) < 4.78 is 64.9. The fourth-order valence-corrected chi connectivity index (χ4v) is 9.66. The van der Waals surface area contributed by atoms with Crippen LogP contribution in [0.1, 0.15) is 28.6 Å². The van der Waals surface area contributed by atoms with Crippen molar-refractivity contribution in [3.63, 3.8) is 0 Å². The van der Waals surface area contributed by atoms with Crippen LogP contribution in [-0.4, -0.2) is 111 Å². The minimum absolute atomic E-state index is 0.00342. The van der Waals surface area contributed by atoms with Crippen LogP contribution >= 0.6 is 22.9 Å². The average molecular weight is 672 g/mol. The van der Waals surface area contributed by atoms with E-state index in [4.69, 9.17) is 20.8 Å². The first-order chi connectivity index (χ1) is 20.4. The minimum atomic E-state index is -3.94. The third-order valence-corrected chi connectivity index (χ3v) is 12.9. The zero-order valence-corrected chi connectivity index (χ0v) is 26.4. The molecule has 0 bridgehead atoms. The molecule has 2 atom stereocenters. The molecular formula is C26H30ClN5O8S3. The minimum Gasteiger partial charge on any atom is -0.436 e. The average Bonchev–Trinajstić information content (AvgIpc) is 3.61. The molecule has 0 saturated carbocycles. The van der Waals surface area contributed by atoms with Gasteiger partial charge in [0.15, 0.2) is 9.84 Å². The second-order valence-electron chi connectivity index (χ2n) is 10.8. The SMILES string of the molecule is CS(=O)(=O)C1Cc2nc(C(=O)N3CCN(S(=O)(=O)c4cc5ccc(Cl)cc5s4)CC3CC(=O)N3CCOCC3)oc2CN1. The number of nitrogens with zero attached hydrogens (tertiary/aromatic N) is 4. The Morgan fingerprint density at radius 2 is 1.88 bits per heavy atom. The highest BCUT2D eigenvalue weighted by atomic mass is 35.5. The van der Waals surface area contributed by atoms with Gasteiger partial charge in [0.25, 0.3) is 15.9 Å². The van der Waals surface area contributed by atoms with E-state index in [1.54, 1.807) is 29.2 Å². The predicted molar refractivity (Wildman–Crippen MR) is 158 cm³/mol. The van der Waals surface area contributed by atoms with Gasteiger partial charge in [0.05, 0.1) is 31.5 Å². The number of hydrogen-bond donors (Lipinski definition) is 1. The largest absolute Gasteiger partial charge is 0.436 e. The normalized spacial score (nSPS) is 22.1. The van der Waals surface area contributed by atoms with Crippen LogP contribution in [0.25, 0.3) is 10.1 Å². The molecule has 2 saturated heterocycles. The van der Waals surface area contributed by atoms with E-state index >= 15 is 0 Å². The maximum absolute atomic E-state index is 13.8. The summed E-state index contributed by atoms with van der Waals surface area (Å²) in [6.07, 6.45) is 1.08. The first-order valence-corrected chi connectivity index (χ1v) is 18.3. The maximum atomic E-state index is 13.8. The summed E-state index contributed by atoms with van der Waals surface area (Å²) in [6, 6.07) is 5.98. The van der Waals surface area contributed by atoms with E-state index < -0.39 is 37.2 Å². The van der Waals surface area contributed by atoms with Crippen molar-refractivity contribution in [1.29, 1.82) is 0 Å². The zero-order valence-electron chi connectivity index (χ0n) is 23.2. The van der Waals surface area contributed by atoms with Crippen LogP contribution in [0, 0.1) is 0 Å². The molecule has 0 aliphatic carbocycles. The first kappa shape index (κ1) is 30.4. The van der Waals surface area contributed by atoms with Crippen LogP contribution in [0.15, 0.2) is 32.9 Å². The number of aromatic nitrogens is 1. The number of carbonyl (C=O) groups is 2. The van der Waals surface area contributed by atoms with Crippen LogP contribution in [0.5, 0.6) is 0 Å². The van der Waals surface area contributed by atoms with Crippen molar-refractivity contribution < 1.29 is 35.6 Å². The topological polar surface area (TPSA) is 159 Å². The highest BCUT2D eigenvalue weighted by Crippen LogP contribution is 2.34. The Morgan fingerprint density at radius 1 is 1.12 bits per heavy atom. The Bertz CT molecular complexity index is 1780. The highest BCUT2D eigenvalue weighted by Gasteiger charge is 2.41. The monoisotopic (exact) mass is 671 g/mol. The summed E-state index contributed by atoms with van der Waals surface area (Å²) in [5.74, 6) is -0.648. The summed E-state index contributed by atoms with van der Waals surface area (Å²) >= 11 is 7.22. The van der Waals surface area contributed by atoms with Crippen LogP contribution in [0.2, 0.25) is 5.02 Å². The molecule has 5 heterocycles. The second kappa shape index (κ2) is 11.7.